The molecule has 0 aliphatic heterocycles. The lowest BCUT2D eigenvalue weighted by atomic mass is 10.1. The fourth-order valence-corrected chi connectivity index (χ4v) is 3.76. The number of fused-ring (bicyclic) bond motifs is 1. The summed E-state index contributed by atoms with van der Waals surface area (Å²) in [5.41, 5.74) is 15.5. The van der Waals surface area contributed by atoms with E-state index in [0.717, 1.165) is 22.0 Å². The van der Waals surface area contributed by atoms with Gasteiger partial charge in [0.25, 0.3) is 5.91 Å². The molecule has 35 heavy (non-hydrogen) atoms. The van der Waals surface area contributed by atoms with Crippen LogP contribution in [0.1, 0.15) is 21.5 Å². The quantitative estimate of drug-likeness (QED) is 0.185. The summed E-state index contributed by atoms with van der Waals surface area (Å²) in [7, 11) is 1.69. The minimum atomic E-state index is -0.470. The molecule has 0 bridgehead atoms. The molecule has 7 N–H and O–H groups in total. The first-order valence-corrected chi connectivity index (χ1v) is 11.0. The van der Waals surface area contributed by atoms with Crippen LogP contribution in [0, 0.1) is 5.41 Å². The summed E-state index contributed by atoms with van der Waals surface area (Å²) < 4.78 is 0. The summed E-state index contributed by atoms with van der Waals surface area (Å²) >= 11 is 0. The van der Waals surface area contributed by atoms with E-state index in [1.54, 1.807) is 42.5 Å². The topological polar surface area (TPSA) is 167 Å². The Morgan fingerprint density at radius 1 is 1.11 bits per heavy atom. The maximum atomic E-state index is 12.6. The molecule has 0 radical (unpaired) electrons. The average Bonchev–Trinajstić information content (AvgIpc) is 3.27. The van der Waals surface area contributed by atoms with Crippen LogP contribution in [0.3, 0.4) is 0 Å². The summed E-state index contributed by atoms with van der Waals surface area (Å²) in [6.07, 6.45) is 3.98. The van der Waals surface area contributed by atoms with Crippen molar-refractivity contribution in [2.24, 2.45) is 11.5 Å². The van der Waals surface area contributed by atoms with E-state index in [4.69, 9.17) is 16.9 Å². The molecule has 2 amide bonds. The average molecular weight is 471 g/mol. The fraction of sp³-hybridized carbons (Fsp3) is 0.160. The van der Waals surface area contributed by atoms with Crippen LogP contribution in [-0.2, 0) is 11.2 Å². The predicted octanol–water partition coefficient (Wildman–Crippen LogP) is 1.80. The number of nitrogens with zero attached hydrogens (tertiary/aromatic N) is 3. The Balaban J connectivity index is 1.37. The first kappa shape index (κ1) is 23.4. The minimum Gasteiger partial charge on any atom is -0.384 e. The molecule has 0 aliphatic rings. The Morgan fingerprint density at radius 3 is 2.60 bits per heavy atom. The molecule has 10 heteroatoms. The molecule has 0 fully saturated rings. The van der Waals surface area contributed by atoms with Crippen LogP contribution in [0.25, 0.3) is 22.2 Å². The first-order chi connectivity index (χ1) is 16.8. The van der Waals surface area contributed by atoms with Gasteiger partial charge in [-0.05, 0) is 42.3 Å². The number of likely N-dealkylation sites (N-methyl/N-ethyl adjacent to an activating group) is 1. The van der Waals surface area contributed by atoms with Gasteiger partial charge in [-0.15, -0.1) is 0 Å². The standard InChI is InChI=1S/C25H26N8O2/c1-33(14-22(26)34)25-30-11-9-20(32-25)16-3-5-17(6-4-16)24(35)29-10-8-15-2-7-21-18(12-15)19(13-31-21)23(27)28/h2-7,9,11-13,31H,8,10,14H2,1H3,(H2,26,34)(H3,27,28)(H,29,35). The summed E-state index contributed by atoms with van der Waals surface area (Å²) in [6.45, 7) is 0.479. The number of nitrogens with two attached hydrogens (primary N) is 2. The summed E-state index contributed by atoms with van der Waals surface area (Å²) in [5.74, 6) is -0.242. The smallest absolute Gasteiger partial charge is 0.251 e. The number of carbonyl (C=O) groups excluding carboxylic acids is 2. The highest BCUT2D eigenvalue weighted by Gasteiger charge is 2.11. The van der Waals surface area contributed by atoms with Crippen molar-refractivity contribution in [1.29, 1.82) is 5.41 Å². The highest BCUT2D eigenvalue weighted by atomic mass is 16.2. The Kier molecular flexibility index (Phi) is 6.72. The van der Waals surface area contributed by atoms with E-state index in [0.29, 0.717) is 35.7 Å². The first-order valence-electron chi connectivity index (χ1n) is 11.0. The van der Waals surface area contributed by atoms with E-state index in [1.165, 1.54) is 0 Å². The number of primary amides is 1. The highest BCUT2D eigenvalue weighted by molar-refractivity contribution is 6.07. The third-order valence-corrected chi connectivity index (χ3v) is 5.56. The lowest BCUT2D eigenvalue weighted by Gasteiger charge is -2.15. The minimum absolute atomic E-state index is 0.0134. The number of amides is 2. The maximum Gasteiger partial charge on any atom is 0.251 e. The van der Waals surface area contributed by atoms with Crippen molar-refractivity contribution in [3.63, 3.8) is 0 Å². The third kappa shape index (κ3) is 5.44. The van der Waals surface area contributed by atoms with Crippen LogP contribution in [-0.4, -0.2) is 52.7 Å². The van der Waals surface area contributed by atoms with Crippen molar-refractivity contribution in [3.8, 4) is 11.3 Å². The summed E-state index contributed by atoms with van der Waals surface area (Å²) in [4.78, 5) is 37.1. The van der Waals surface area contributed by atoms with Crippen molar-refractivity contribution in [3.05, 3.63) is 77.6 Å². The molecular weight excluding hydrogens is 444 g/mol. The molecule has 0 saturated carbocycles. The molecule has 4 aromatic rings. The van der Waals surface area contributed by atoms with Gasteiger partial charge in [0.2, 0.25) is 11.9 Å². The van der Waals surface area contributed by atoms with Crippen molar-refractivity contribution in [1.82, 2.24) is 20.3 Å². The van der Waals surface area contributed by atoms with Crippen LogP contribution in [0.15, 0.2) is 60.9 Å². The zero-order chi connectivity index (χ0) is 24.9. The van der Waals surface area contributed by atoms with Crippen LogP contribution in [0.2, 0.25) is 0 Å². The van der Waals surface area contributed by atoms with Gasteiger partial charge in [0.1, 0.15) is 5.84 Å². The molecule has 10 nitrogen and oxygen atoms in total. The second-order valence-electron chi connectivity index (χ2n) is 8.14. The molecule has 0 spiro atoms. The molecule has 178 valence electrons. The Hall–Kier alpha value is -4.73. The Labute approximate surface area is 201 Å². The van der Waals surface area contributed by atoms with E-state index in [2.05, 4.69) is 20.3 Å². The molecule has 2 aromatic heterocycles. The molecule has 0 aliphatic carbocycles. The number of nitrogen functional groups attached to an aromatic ring is 1. The Bertz CT molecular complexity index is 1390. The second kappa shape index (κ2) is 10.0. The normalized spacial score (nSPS) is 10.8. The van der Waals surface area contributed by atoms with Gasteiger partial charge in [0.15, 0.2) is 0 Å². The van der Waals surface area contributed by atoms with Crippen LogP contribution in [0.4, 0.5) is 5.95 Å². The number of benzene rings is 2. The van der Waals surface area contributed by atoms with E-state index >= 15 is 0 Å². The lowest BCUT2D eigenvalue weighted by molar-refractivity contribution is -0.116. The summed E-state index contributed by atoms with van der Waals surface area (Å²) in [5, 5.41) is 11.5. The highest BCUT2D eigenvalue weighted by Crippen LogP contribution is 2.21. The van der Waals surface area contributed by atoms with E-state index in [-0.39, 0.29) is 18.3 Å². The van der Waals surface area contributed by atoms with E-state index in [9.17, 15) is 9.59 Å². The third-order valence-electron chi connectivity index (χ3n) is 5.56. The van der Waals surface area contributed by atoms with E-state index < -0.39 is 5.91 Å². The van der Waals surface area contributed by atoms with Crippen LogP contribution < -0.4 is 21.7 Å². The van der Waals surface area contributed by atoms with Gasteiger partial charge in [0, 0.05) is 53.6 Å². The zero-order valence-corrected chi connectivity index (χ0v) is 19.2. The number of aromatic nitrogens is 3. The van der Waals surface area contributed by atoms with E-state index in [1.807, 2.05) is 30.3 Å². The predicted molar refractivity (Wildman–Crippen MR) is 135 cm³/mol. The van der Waals surface area contributed by atoms with Gasteiger partial charge >= 0.3 is 0 Å². The summed E-state index contributed by atoms with van der Waals surface area (Å²) in [6, 6.07) is 14.8. The molecule has 0 atom stereocenters. The largest absolute Gasteiger partial charge is 0.384 e. The molecular formula is C25H26N8O2. The van der Waals surface area contributed by atoms with Gasteiger partial charge < -0.3 is 26.7 Å². The van der Waals surface area contributed by atoms with Gasteiger partial charge in [-0.2, -0.15) is 0 Å². The number of rotatable bonds is 9. The molecule has 2 heterocycles. The SMILES string of the molecule is CN(CC(N)=O)c1nccc(-c2ccc(C(=O)NCCc3ccc4[nH]cc(C(=N)N)c4c3)cc2)n1. The molecule has 0 saturated heterocycles. The number of anilines is 1. The molecule has 2 aromatic carbocycles. The number of H-pyrrole nitrogens is 1. The van der Waals surface area contributed by atoms with Crippen LogP contribution >= 0.6 is 0 Å². The van der Waals surface area contributed by atoms with Crippen molar-refractivity contribution < 1.29 is 9.59 Å². The number of carbonyl (C=O) groups is 2. The van der Waals surface area contributed by atoms with Crippen molar-refractivity contribution in [2.75, 3.05) is 25.0 Å². The van der Waals surface area contributed by atoms with Gasteiger partial charge in [0.05, 0.1) is 12.2 Å². The number of aromatic amines is 1. The number of amidine groups is 1. The molecule has 4 rings (SSSR count). The van der Waals surface area contributed by atoms with Crippen molar-refractivity contribution in [2.45, 2.75) is 6.42 Å². The van der Waals surface area contributed by atoms with Crippen LogP contribution in [0.5, 0.6) is 0 Å². The van der Waals surface area contributed by atoms with Crippen molar-refractivity contribution >= 4 is 34.5 Å². The molecule has 0 unspecified atom stereocenters. The fourth-order valence-electron chi connectivity index (χ4n) is 3.76. The monoisotopic (exact) mass is 470 g/mol. The maximum absolute atomic E-state index is 12.6. The van der Waals surface area contributed by atoms with Gasteiger partial charge in [-0.1, -0.05) is 18.2 Å². The lowest BCUT2D eigenvalue weighted by Crippen LogP contribution is -2.31. The zero-order valence-electron chi connectivity index (χ0n) is 19.2. The number of hydrogen-bond acceptors (Lipinski definition) is 6. The number of hydrogen-bond donors (Lipinski definition) is 5. The van der Waals surface area contributed by atoms with Gasteiger partial charge in [-0.3, -0.25) is 15.0 Å². The second-order valence-corrected chi connectivity index (χ2v) is 8.14. The Morgan fingerprint density at radius 2 is 1.89 bits per heavy atom. The number of nitrogens with one attached hydrogen (secondary N) is 3. The van der Waals surface area contributed by atoms with Gasteiger partial charge in [-0.25, -0.2) is 9.97 Å².